The number of aliphatic hydroxyl groups excluding tert-OH is 1. The van der Waals surface area contributed by atoms with Crippen molar-refractivity contribution in [2.75, 3.05) is 13.7 Å². The number of aliphatic hydroxyl groups is 1. The minimum absolute atomic E-state index is 0.0735. The van der Waals surface area contributed by atoms with Crippen molar-refractivity contribution >= 4 is 0 Å². The van der Waals surface area contributed by atoms with E-state index in [9.17, 15) is 0 Å². The maximum absolute atomic E-state index is 9.08. The quantitative estimate of drug-likeness (QED) is 0.790. The molecule has 0 aromatic heterocycles. The van der Waals surface area contributed by atoms with Crippen LogP contribution in [-0.4, -0.2) is 24.4 Å². The summed E-state index contributed by atoms with van der Waals surface area (Å²) < 4.78 is 5.19. The Morgan fingerprint density at radius 2 is 2.21 bits per heavy atom. The van der Waals surface area contributed by atoms with Crippen LogP contribution in [0.25, 0.3) is 0 Å². The molecular formula is C15H22N2O2. The second-order valence-corrected chi connectivity index (χ2v) is 4.89. The number of nitrogens with one attached hydrogen (secondary N) is 1. The van der Waals surface area contributed by atoms with Crippen LogP contribution in [0.4, 0.5) is 0 Å². The van der Waals surface area contributed by atoms with Gasteiger partial charge in [0.25, 0.3) is 0 Å². The van der Waals surface area contributed by atoms with Gasteiger partial charge in [-0.05, 0) is 37.5 Å². The van der Waals surface area contributed by atoms with E-state index in [1.54, 1.807) is 13.2 Å². The van der Waals surface area contributed by atoms with E-state index in [4.69, 9.17) is 15.1 Å². The summed E-state index contributed by atoms with van der Waals surface area (Å²) in [5, 5.41) is 21.5. The molecule has 0 bridgehead atoms. The maximum atomic E-state index is 9.08. The van der Waals surface area contributed by atoms with Gasteiger partial charge in [0.1, 0.15) is 11.8 Å². The zero-order valence-electron chi connectivity index (χ0n) is 11.9. The van der Waals surface area contributed by atoms with Crippen molar-refractivity contribution < 1.29 is 9.84 Å². The fourth-order valence-electron chi connectivity index (χ4n) is 1.89. The highest BCUT2D eigenvalue weighted by atomic mass is 16.5. The molecule has 4 heteroatoms. The first-order chi connectivity index (χ1) is 9.08. The zero-order chi connectivity index (χ0) is 14.3. The summed E-state index contributed by atoms with van der Waals surface area (Å²) in [6.07, 6.45) is 1.66. The Labute approximate surface area is 115 Å². The molecule has 1 aromatic carbocycles. The molecule has 104 valence electrons. The van der Waals surface area contributed by atoms with E-state index in [1.165, 1.54) is 0 Å². The van der Waals surface area contributed by atoms with Crippen LogP contribution in [-0.2, 0) is 6.54 Å². The number of rotatable bonds is 7. The molecular weight excluding hydrogens is 240 g/mol. The van der Waals surface area contributed by atoms with E-state index in [2.05, 4.69) is 25.2 Å². The number of methoxy groups -OCH3 is 1. The van der Waals surface area contributed by atoms with Crippen molar-refractivity contribution in [1.29, 1.82) is 5.26 Å². The highest BCUT2D eigenvalue weighted by Gasteiger charge is 2.20. The smallest absolute Gasteiger partial charge is 0.136 e. The van der Waals surface area contributed by atoms with Gasteiger partial charge in [-0.15, -0.1) is 0 Å². The van der Waals surface area contributed by atoms with E-state index >= 15 is 0 Å². The van der Waals surface area contributed by atoms with Gasteiger partial charge in [-0.2, -0.15) is 5.26 Å². The van der Waals surface area contributed by atoms with Crippen LogP contribution >= 0.6 is 0 Å². The molecule has 0 fully saturated rings. The fourth-order valence-corrected chi connectivity index (χ4v) is 1.89. The first kappa shape index (κ1) is 15.5. The fraction of sp³-hybridized carbons (Fsp3) is 0.533. The van der Waals surface area contributed by atoms with Crippen LogP contribution in [0.5, 0.6) is 5.75 Å². The molecule has 0 radical (unpaired) electrons. The second kappa shape index (κ2) is 7.13. The molecule has 19 heavy (non-hydrogen) atoms. The minimum Gasteiger partial charge on any atom is -0.495 e. The van der Waals surface area contributed by atoms with Gasteiger partial charge in [0, 0.05) is 18.7 Å². The molecule has 1 unspecified atom stereocenters. The lowest BCUT2D eigenvalue weighted by Crippen LogP contribution is -2.42. The molecule has 0 aliphatic heterocycles. The summed E-state index contributed by atoms with van der Waals surface area (Å²) in [7, 11) is 1.56. The molecule has 0 amide bonds. The largest absolute Gasteiger partial charge is 0.495 e. The second-order valence-electron chi connectivity index (χ2n) is 4.89. The molecule has 1 rings (SSSR count). The van der Waals surface area contributed by atoms with E-state index in [1.807, 2.05) is 12.1 Å². The molecule has 0 aliphatic carbocycles. The van der Waals surface area contributed by atoms with Gasteiger partial charge < -0.3 is 15.2 Å². The average molecular weight is 262 g/mol. The van der Waals surface area contributed by atoms with Gasteiger partial charge in [0.2, 0.25) is 0 Å². The maximum Gasteiger partial charge on any atom is 0.136 e. The third-order valence-electron chi connectivity index (χ3n) is 3.55. The molecule has 1 atom stereocenters. The van der Waals surface area contributed by atoms with Crippen LogP contribution in [0.3, 0.4) is 0 Å². The monoisotopic (exact) mass is 262 g/mol. The molecule has 0 spiro atoms. The van der Waals surface area contributed by atoms with E-state index < -0.39 is 0 Å². The lowest BCUT2D eigenvalue weighted by Gasteiger charge is -2.29. The first-order valence-corrected chi connectivity index (χ1v) is 6.51. The third kappa shape index (κ3) is 4.23. The van der Waals surface area contributed by atoms with E-state index in [-0.39, 0.29) is 12.1 Å². The van der Waals surface area contributed by atoms with Gasteiger partial charge in [0.05, 0.1) is 12.7 Å². The van der Waals surface area contributed by atoms with Gasteiger partial charge in [-0.3, -0.25) is 0 Å². The van der Waals surface area contributed by atoms with Gasteiger partial charge in [-0.25, -0.2) is 0 Å². The standard InChI is InChI=1S/C15H22N2O2/c1-4-15(2,7-8-18)17-11-12-5-6-13(10-16)14(9-12)19-3/h5-6,9,17-18H,4,7-8,11H2,1-3H3. The van der Waals surface area contributed by atoms with Gasteiger partial charge in [0.15, 0.2) is 0 Å². The Balaban J connectivity index is 2.75. The Morgan fingerprint density at radius 1 is 1.47 bits per heavy atom. The normalized spacial score (nSPS) is 13.6. The van der Waals surface area contributed by atoms with E-state index in [0.29, 0.717) is 17.9 Å². The first-order valence-electron chi connectivity index (χ1n) is 6.51. The van der Waals surface area contributed by atoms with Crippen molar-refractivity contribution in [3.63, 3.8) is 0 Å². The molecule has 0 heterocycles. The molecule has 0 saturated carbocycles. The summed E-state index contributed by atoms with van der Waals surface area (Å²) in [5.74, 6) is 0.599. The van der Waals surface area contributed by atoms with Crippen molar-refractivity contribution in [3.05, 3.63) is 29.3 Å². The van der Waals surface area contributed by atoms with Gasteiger partial charge in [-0.1, -0.05) is 13.0 Å². The lowest BCUT2D eigenvalue weighted by molar-refractivity contribution is 0.214. The Bertz CT molecular complexity index is 454. The summed E-state index contributed by atoms with van der Waals surface area (Å²) in [6.45, 7) is 5.06. The van der Waals surface area contributed by atoms with E-state index in [0.717, 1.165) is 18.4 Å². The highest BCUT2D eigenvalue weighted by Crippen LogP contribution is 2.20. The Hall–Kier alpha value is -1.57. The third-order valence-corrected chi connectivity index (χ3v) is 3.55. The predicted molar refractivity (Wildman–Crippen MR) is 74.9 cm³/mol. The molecule has 2 N–H and O–H groups in total. The lowest BCUT2D eigenvalue weighted by atomic mass is 9.94. The van der Waals surface area contributed by atoms with Crippen molar-refractivity contribution in [1.82, 2.24) is 5.32 Å². The molecule has 0 saturated heterocycles. The van der Waals surface area contributed by atoms with Crippen LogP contribution in [0, 0.1) is 11.3 Å². The van der Waals surface area contributed by atoms with Crippen LogP contribution in [0.15, 0.2) is 18.2 Å². The molecule has 1 aromatic rings. The van der Waals surface area contributed by atoms with Crippen molar-refractivity contribution in [2.24, 2.45) is 0 Å². The number of benzene rings is 1. The Kier molecular flexibility index (Phi) is 5.81. The predicted octanol–water partition coefficient (Wildman–Crippen LogP) is 2.21. The Morgan fingerprint density at radius 3 is 2.74 bits per heavy atom. The number of hydrogen-bond donors (Lipinski definition) is 2. The van der Waals surface area contributed by atoms with Crippen molar-refractivity contribution in [2.45, 2.75) is 38.8 Å². The summed E-state index contributed by atoms with van der Waals surface area (Å²) in [4.78, 5) is 0. The topological polar surface area (TPSA) is 65.3 Å². The minimum atomic E-state index is -0.0735. The average Bonchev–Trinajstić information content (AvgIpc) is 2.45. The number of ether oxygens (including phenoxy) is 1. The number of hydrogen-bond acceptors (Lipinski definition) is 4. The molecule has 0 aliphatic rings. The van der Waals surface area contributed by atoms with Crippen LogP contribution in [0.1, 0.15) is 37.8 Å². The summed E-state index contributed by atoms with van der Waals surface area (Å²) >= 11 is 0. The summed E-state index contributed by atoms with van der Waals surface area (Å²) in [6, 6.07) is 7.66. The SMILES string of the molecule is CCC(C)(CCO)NCc1ccc(C#N)c(OC)c1. The molecule has 4 nitrogen and oxygen atoms in total. The van der Waals surface area contributed by atoms with Crippen LogP contribution < -0.4 is 10.1 Å². The summed E-state index contributed by atoms with van der Waals surface area (Å²) in [5.41, 5.74) is 1.53. The van der Waals surface area contributed by atoms with Gasteiger partial charge >= 0.3 is 0 Å². The highest BCUT2D eigenvalue weighted by molar-refractivity contribution is 5.45. The van der Waals surface area contributed by atoms with Crippen LogP contribution in [0.2, 0.25) is 0 Å². The number of nitriles is 1. The number of nitrogens with zero attached hydrogens (tertiary/aromatic N) is 1. The zero-order valence-corrected chi connectivity index (χ0v) is 11.9. The van der Waals surface area contributed by atoms with Crippen molar-refractivity contribution in [3.8, 4) is 11.8 Å².